The summed E-state index contributed by atoms with van der Waals surface area (Å²) in [5, 5.41) is 11.4. The molecule has 0 aliphatic heterocycles. The van der Waals surface area contributed by atoms with Crippen LogP contribution >= 0.6 is 22.6 Å². The zero-order chi connectivity index (χ0) is 14.4. The van der Waals surface area contributed by atoms with E-state index in [9.17, 15) is 9.59 Å². The van der Waals surface area contributed by atoms with Crippen molar-refractivity contribution in [1.82, 2.24) is 4.90 Å². The molecule has 0 spiro atoms. The van der Waals surface area contributed by atoms with Crippen LogP contribution in [0.15, 0.2) is 18.2 Å². The molecule has 19 heavy (non-hydrogen) atoms. The number of nitrogens with one attached hydrogen (secondary N) is 1. The largest absolute Gasteiger partial charge is 0.481 e. The van der Waals surface area contributed by atoms with Crippen LogP contribution in [0.2, 0.25) is 0 Å². The van der Waals surface area contributed by atoms with E-state index in [0.29, 0.717) is 13.0 Å². The monoisotopic (exact) mass is 376 g/mol. The van der Waals surface area contributed by atoms with Gasteiger partial charge in [-0.15, -0.1) is 0 Å². The van der Waals surface area contributed by atoms with E-state index in [4.69, 9.17) is 5.11 Å². The fourth-order valence-corrected chi connectivity index (χ4v) is 2.02. The molecule has 0 radical (unpaired) electrons. The number of amides is 2. The van der Waals surface area contributed by atoms with Crippen LogP contribution in [-0.4, -0.2) is 35.6 Å². The summed E-state index contributed by atoms with van der Waals surface area (Å²) in [6, 6.07) is 5.48. The van der Waals surface area contributed by atoms with E-state index in [1.165, 1.54) is 4.90 Å². The van der Waals surface area contributed by atoms with Gasteiger partial charge in [0.1, 0.15) is 0 Å². The van der Waals surface area contributed by atoms with E-state index in [0.717, 1.165) is 14.8 Å². The minimum absolute atomic E-state index is 0.0693. The van der Waals surface area contributed by atoms with E-state index in [1.54, 1.807) is 7.05 Å². The van der Waals surface area contributed by atoms with Crippen molar-refractivity contribution in [2.24, 2.45) is 0 Å². The van der Waals surface area contributed by atoms with Gasteiger partial charge in [0.25, 0.3) is 0 Å². The van der Waals surface area contributed by atoms with Gasteiger partial charge in [-0.3, -0.25) is 4.79 Å². The third-order valence-electron chi connectivity index (χ3n) is 2.74. The van der Waals surface area contributed by atoms with Crippen LogP contribution in [0.5, 0.6) is 0 Å². The number of aliphatic carboxylic acids is 1. The number of nitrogens with zero attached hydrogens (tertiary/aromatic N) is 1. The second-order valence-electron chi connectivity index (χ2n) is 4.26. The number of anilines is 1. The second-order valence-corrected chi connectivity index (χ2v) is 5.42. The number of benzene rings is 1. The van der Waals surface area contributed by atoms with Crippen molar-refractivity contribution in [1.29, 1.82) is 0 Å². The quantitative estimate of drug-likeness (QED) is 0.777. The molecule has 2 amide bonds. The number of carboxylic acids is 1. The minimum atomic E-state index is -0.845. The Morgan fingerprint density at radius 3 is 2.74 bits per heavy atom. The summed E-state index contributed by atoms with van der Waals surface area (Å²) in [5.41, 5.74) is 1.80. The second kappa shape index (κ2) is 7.32. The number of rotatable bonds is 5. The van der Waals surface area contributed by atoms with Gasteiger partial charge in [0.2, 0.25) is 0 Å². The minimum Gasteiger partial charge on any atom is -0.481 e. The molecule has 0 heterocycles. The molecule has 6 heteroatoms. The molecule has 0 aliphatic rings. The number of carbonyl (C=O) groups is 2. The van der Waals surface area contributed by atoms with E-state index in [-0.39, 0.29) is 12.5 Å². The summed E-state index contributed by atoms with van der Waals surface area (Å²) in [4.78, 5) is 23.8. The predicted molar refractivity (Wildman–Crippen MR) is 82.4 cm³/mol. The van der Waals surface area contributed by atoms with Gasteiger partial charge in [0.05, 0.1) is 0 Å². The maximum Gasteiger partial charge on any atom is 0.321 e. The van der Waals surface area contributed by atoms with E-state index >= 15 is 0 Å². The Hall–Kier alpha value is -1.31. The molecule has 2 N–H and O–H groups in total. The smallest absolute Gasteiger partial charge is 0.321 e. The van der Waals surface area contributed by atoms with Gasteiger partial charge >= 0.3 is 12.0 Å². The van der Waals surface area contributed by atoms with E-state index < -0.39 is 5.97 Å². The van der Waals surface area contributed by atoms with E-state index in [2.05, 4.69) is 27.9 Å². The Labute approximate surface area is 126 Å². The average Bonchev–Trinajstić information content (AvgIpc) is 2.34. The lowest BCUT2D eigenvalue weighted by Gasteiger charge is -2.18. The number of urea groups is 1. The first-order valence-corrected chi connectivity index (χ1v) is 6.98. The van der Waals surface area contributed by atoms with Gasteiger partial charge in [-0.2, -0.15) is 0 Å². The summed E-state index contributed by atoms with van der Waals surface area (Å²) in [6.07, 6.45) is 0.518. The first-order valence-electron chi connectivity index (χ1n) is 5.91. The van der Waals surface area contributed by atoms with Gasteiger partial charge in [-0.1, -0.05) is 6.07 Å². The highest BCUT2D eigenvalue weighted by molar-refractivity contribution is 14.1. The third kappa shape index (κ3) is 5.06. The lowest BCUT2D eigenvalue weighted by Crippen LogP contribution is -2.32. The molecular formula is C13H17IN2O3. The van der Waals surface area contributed by atoms with E-state index in [1.807, 2.05) is 25.1 Å². The number of hydrogen-bond acceptors (Lipinski definition) is 2. The van der Waals surface area contributed by atoms with Crippen molar-refractivity contribution in [2.45, 2.75) is 19.8 Å². The fraction of sp³-hybridized carbons (Fsp3) is 0.385. The summed E-state index contributed by atoms with van der Waals surface area (Å²) in [5.74, 6) is -0.845. The van der Waals surface area contributed by atoms with Crippen molar-refractivity contribution in [3.8, 4) is 0 Å². The molecule has 0 unspecified atom stereocenters. The Bertz CT molecular complexity index is 477. The highest BCUT2D eigenvalue weighted by Gasteiger charge is 2.11. The number of carboxylic acid groups (broad SMARTS) is 1. The number of hydrogen-bond donors (Lipinski definition) is 2. The summed E-state index contributed by atoms with van der Waals surface area (Å²) in [6.45, 7) is 2.36. The zero-order valence-electron chi connectivity index (χ0n) is 10.9. The van der Waals surface area contributed by atoms with Crippen LogP contribution < -0.4 is 5.32 Å². The molecule has 0 saturated heterocycles. The third-order valence-corrected chi connectivity index (χ3v) is 3.91. The Kier molecular flexibility index (Phi) is 6.07. The fourth-order valence-electron chi connectivity index (χ4n) is 1.52. The van der Waals surface area contributed by atoms with Crippen molar-refractivity contribution in [3.05, 3.63) is 27.3 Å². The molecule has 0 fully saturated rings. The lowest BCUT2D eigenvalue weighted by molar-refractivity contribution is -0.137. The summed E-state index contributed by atoms with van der Waals surface area (Å²) in [7, 11) is 1.65. The Morgan fingerprint density at radius 1 is 1.42 bits per heavy atom. The molecule has 0 atom stereocenters. The molecule has 0 aromatic heterocycles. The molecular weight excluding hydrogens is 359 g/mol. The molecule has 1 aromatic rings. The first kappa shape index (κ1) is 15.7. The molecule has 0 bridgehead atoms. The van der Waals surface area contributed by atoms with Gasteiger partial charge in [0.15, 0.2) is 0 Å². The van der Waals surface area contributed by atoms with Crippen molar-refractivity contribution >= 4 is 40.3 Å². The molecule has 1 rings (SSSR count). The number of halogens is 1. The molecule has 1 aromatic carbocycles. The van der Waals surface area contributed by atoms with Crippen LogP contribution in [0.25, 0.3) is 0 Å². The summed E-state index contributed by atoms with van der Waals surface area (Å²) < 4.78 is 1.09. The Morgan fingerprint density at radius 2 is 2.11 bits per heavy atom. The van der Waals surface area contributed by atoms with Gasteiger partial charge < -0.3 is 15.3 Å². The van der Waals surface area contributed by atoms with Crippen molar-refractivity contribution in [2.75, 3.05) is 18.9 Å². The molecule has 0 aliphatic carbocycles. The standard InChI is InChI=1S/C13H17IN2O3/c1-9-10(14)5-3-6-11(9)15-13(19)16(2)8-4-7-12(17)18/h3,5-6H,4,7-8H2,1-2H3,(H,15,19)(H,17,18). The van der Waals surface area contributed by atoms with Gasteiger partial charge in [0, 0.05) is 29.3 Å². The van der Waals surface area contributed by atoms with Crippen molar-refractivity contribution in [3.63, 3.8) is 0 Å². The summed E-state index contributed by atoms with van der Waals surface area (Å²) >= 11 is 2.21. The van der Waals surface area contributed by atoms with Crippen LogP contribution in [0.1, 0.15) is 18.4 Å². The number of carbonyl (C=O) groups excluding carboxylic acids is 1. The molecule has 5 nitrogen and oxygen atoms in total. The SMILES string of the molecule is Cc1c(I)cccc1NC(=O)N(C)CCCC(=O)O. The zero-order valence-corrected chi connectivity index (χ0v) is 13.1. The van der Waals surface area contributed by atoms with Gasteiger partial charge in [-0.25, -0.2) is 4.79 Å². The average molecular weight is 376 g/mol. The van der Waals surface area contributed by atoms with Crippen LogP contribution in [-0.2, 0) is 4.79 Å². The van der Waals surface area contributed by atoms with Crippen LogP contribution in [0.4, 0.5) is 10.5 Å². The first-order chi connectivity index (χ1) is 8.91. The predicted octanol–water partition coefficient (Wildman–Crippen LogP) is 2.93. The molecule has 0 saturated carbocycles. The normalized spacial score (nSPS) is 10.1. The lowest BCUT2D eigenvalue weighted by atomic mass is 10.2. The van der Waals surface area contributed by atoms with Gasteiger partial charge in [-0.05, 0) is 53.6 Å². The molecule has 104 valence electrons. The maximum absolute atomic E-state index is 11.9. The maximum atomic E-state index is 11.9. The Balaban J connectivity index is 2.54. The van der Waals surface area contributed by atoms with Crippen molar-refractivity contribution < 1.29 is 14.7 Å². The highest BCUT2D eigenvalue weighted by atomic mass is 127. The van der Waals surface area contributed by atoms with Crippen LogP contribution in [0.3, 0.4) is 0 Å². The highest BCUT2D eigenvalue weighted by Crippen LogP contribution is 2.20. The topological polar surface area (TPSA) is 69.6 Å². The van der Waals surface area contributed by atoms with Crippen LogP contribution in [0, 0.1) is 10.5 Å².